The SMILES string of the molecule is C[C@H](NC1CCCCCC1)c1ccncc1. The number of nitrogens with one attached hydrogen (secondary N) is 1. The average molecular weight is 218 g/mol. The molecule has 2 heteroatoms. The predicted octanol–water partition coefficient (Wildman–Crippen LogP) is 3.46. The fourth-order valence-corrected chi connectivity index (χ4v) is 2.55. The molecule has 1 N–H and O–H groups in total. The molecule has 0 aromatic carbocycles. The summed E-state index contributed by atoms with van der Waals surface area (Å²) >= 11 is 0. The van der Waals surface area contributed by atoms with E-state index in [1.807, 2.05) is 12.4 Å². The van der Waals surface area contributed by atoms with Gasteiger partial charge in [-0.1, -0.05) is 25.7 Å². The number of hydrogen-bond acceptors (Lipinski definition) is 2. The lowest BCUT2D eigenvalue weighted by Crippen LogP contribution is -2.31. The fraction of sp³-hybridized carbons (Fsp3) is 0.643. The van der Waals surface area contributed by atoms with E-state index in [1.54, 1.807) is 0 Å². The molecule has 0 unspecified atom stereocenters. The molecule has 1 aliphatic carbocycles. The van der Waals surface area contributed by atoms with Gasteiger partial charge in [-0.2, -0.15) is 0 Å². The minimum Gasteiger partial charge on any atom is -0.307 e. The minimum atomic E-state index is 0.450. The van der Waals surface area contributed by atoms with E-state index in [2.05, 4.69) is 29.4 Å². The van der Waals surface area contributed by atoms with Gasteiger partial charge < -0.3 is 5.32 Å². The van der Waals surface area contributed by atoms with Crippen LogP contribution in [-0.4, -0.2) is 11.0 Å². The van der Waals surface area contributed by atoms with Crippen LogP contribution in [0.1, 0.15) is 57.1 Å². The summed E-state index contributed by atoms with van der Waals surface area (Å²) < 4.78 is 0. The second-order valence-electron chi connectivity index (χ2n) is 4.86. The molecule has 0 spiro atoms. The van der Waals surface area contributed by atoms with Crippen molar-refractivity contribution in [1.82, 2.24) is 10.3 Å². The van der Waals surface area contributed by atoms with Crippen LogP contribution >= 0.6 is 0 Å². The average Bonchev–Trinajstić information content (AvgIpc) is 2.59. The topological polar surface area (TPSA) is 24.9 Å². The summed E-state index contributed by atoms with van der Waals surface area (Å²) in [5, 5.41) is 3.75. The summed E-state index contributed by atoms with van der Waals surface area (Å²) in [4.78, 5) is 4.06. The molecule has 2 rings (SSSR count). The molecule has 0 aliphatic heterocycles. The van der Waals surface area contributed by atoms with Crippen LogP contribution < -0.4 is 5.32 Å². The highest BCUT2D eigenvalue weighted by Gasteiger charge is 2.14. The van der Waals surface area contributed by atoms with Gasteiger partial charge in [0.1, 0.15) is 0 Å². The standard InChI is InChI=1S/C14H22N2/c1-12(13-8-10-15-11-9-13)16-14-6-4-2-3-5-7-14/h8-12,14,16H,2-7H2,1H3/t12-/m0/s1. The van der Waals surface area contributed by atoms with Crippen molar-refractivity contribution in [1.29, 1.82) is 0 Å². The lowest BCUT2D eigenvalue weighted by Gasteiger charge is -2.22. The molecule has 1 aliphatic rings. The smallest absolute Gasteiger partial charge is 0.0295 e. The van der Waals surface area contributed by atoms with Crippen molar-refractivity contribution in [2.75, 3.05) is 0 Å². The van der Waals surface area contributed by atoms with Gasteiger partial charge in [0.15, 0.2) is 0 Å². The van der Waals surface area contributed by atoms with Gasteiger partial charge in [-0.15, -0.1) is 0 Å². The second kappa shape index (κ2) is 6.00. The number of aromatic nitrogens is 1. The summed E-state index contributed by atoms with van der Waals surface area (Å²) in [5.74, 6) is 0. The molecule has 1 atom stereocenters. The molecule has 1 heterocycles. The zero-order valence-electron chi connectivity index (χ0n) is 10.2. The summed E-state index contributed by atoms with van der Waals surface area (Å²) in [6.45, 7) is 2.25. The Morgan fingerprint density at radius 2 is 1.75 bits per heavy atom. The van der Waals surface area contributed by atoms with Crippen molar-refractivity contribution in [3.8, 4) is 0 Å². The molecule has 0 saturated heterocycles. The summed E-state index contributed by atoms with van der Waals surface area (Å²) in [6, 6.07) is 5.37. The second-order valence-corrected chi connectivity index (χ2v) is 4.86. The maximum atomic E-state index is 4.06. The van der Waals surface area contributed by atoms with E-state index in [-0.39, 0.29) is 0 Å². The minimum absolute atomic E-state index is 0.450. The summed E-state index contributed by atoms with van der Waals surface area (Å²) in [5.41, 5.74) is 1.35. The van der Waals surface area contributed by atoms with Gasteiger partial charge >= 0.3 is 0 Å². The van der Waals surface area contributed by atoms with Crippen LogP contribution in [0.4, 0.5) is 0 Å². The molecular weight excluding hydrogens is 196 g/mol. The van der Waals surface area contributed by atoms with Gasteiger partial charge in [-0.05, 0) is 37.5 Å². The van der Waals surface area contributed by atoms with Gasteiger partial charge in [-0.3, -0.25) is 4.98 Å². The van der Waals surface area contributed by atoms with Crippen molar-refractivity contribution in [2.45, 2.75) is 57.5 Å². The highest BCUT2D eigenvalue weighted by atomic mass is 14.9. The van der Waals surface area contributed by atoms with Crippen LogP contribution in [0.5, 0.6) is 0 Å². The summed E-state index contributed by atoms with van der Waals surface area (Å²) in [6.07, 6.45) is 12.1. The van der Waals surface area contributed by atoms with Gasteiger partial charge in [0, 0.05) is 24.5 Å². The Labute approximate surface area is 98.5 Å². The Morgan fingerprint density at radius 1 is 1.12 bits per heavy atom. The highest BCUT2D eigenvalue weighted by molar-refractivity contribution is 5.14. The van der Waals surface area contributed by atoms with E-state index < -0.39 is 0 Å². The third kappa shape index (κ3) is 3.31. The zero-order valence-corrected chi connectivity index (χ0v) is 10.2. The van der Waals surface area contributed by atoms with Crippen LogP contribution in [-0.2, 0) is 0 Å². The predicted molar refractivity (Wildman–Crippen MR) is 67.3 cm³/mol. The first-order chi connectivity index (χ1) is 7.86. The van der Waals surface area contributed by atoms with E-state index in [4.69, 9.17) is 0 Å². The van der Waals surface area contributed by atoms with Crippen LogP contribution in [0.2, 0.25) is 0 Å². The van der Waals surface area contributed by atoms with Gasteiger partial charge in [0.2, 0.25) is 0 Å². The highest BCUT2D eigenvalue weighted by Crippen LogP contribution is 2.20. The fourth-order valence-electron chi connectivity index (χ4n) is 2.55. The van der Waals surface area contributed by atoms with E-state index in [1.165, 1.54) is 44.1 Å². The van der Waals surface area contributed by atoms with Gasteiger partial charge in [0.25, 0.3) is 0 Å². The third-order valence-corrected chi connectivity index (χ3v) is 3.55. The van der Waals surface area contributed by atoms with E-state index in [9.17, 15) is 0 Å². The van der Waals surface area contributed by atoms with Gasteiger partial charge in [0.05, 0.1) is 0 Å². The molecule has 2 nitrogen and oxygen atoms in total. The molecule has 1 aromatic rings. The lowest BCUT2D eigenvalue weighted by molar-refractivity contribution is 0.414. The van der Waals surface area contributed by atoms with E-state index >= 15 is 0 Å². The van der Waals surface area contributed by atoms with Gasteiger partial charge in [-0.25, -0.2) is 0 Å². The number of rotatable bonds is 3. The molecule has 0 bridgehead atoms. The molecule has 16 heavy (non-hydrogen) atoms. The molecule has 0 radical (unpaired) electrons. The summed E-state index contributed by atoms with van der Waals surface area (Å²) in [7, 11) is 0. The van der Waals surface area contributed by atoms with Crippen molar-refractivity contribution in [3.63, 3.8) is 0 Å². The molecule has 1 fully saturated rings. The lowest BCUT2D eigenvalue weighted by atomic mass is 10.1. The quantitative estimate of drug-likeness (QED) is 0.786. The largest absolute Gasteiger partial charge is 0.307 e. The molecule has 88 valence electrons. The van der Waals surface area contributed by atoms with Crippen molar-refractivity contribution < 1.29 is 0 Å². The first-order valence-electron chi connectivity index (χ1n) is 6.52. The maximum absolute atomic E-state index is 4.06. The van der Waals surface area contributed by atoms with Crippen molar-refractivity contribution in [3.05, 3.63) is 30.1 Å². The Bertz CT molecular complexity index is 289. The van der Waals surface area contributed by atoms with E-state index in [0.717, 1.165) is 0 Å². The Kier molecular flexibility index (Phi) is 4.34. The van der Waals surface area contributed by atoms with Crippen LogP contribution in [0.15, 0.2) is 24.5 Å². The van der Waals surface area contributed by atoms with Crippen LogP contribution in [0.25, 0.3) is 0 Å². The van der Waals surface area contributed by atoms with Crippen molar-refractivity contribution in [2.24, 2.45) is 0 Å². The molecule has 1 aromatic heterocycles. The van der Waals surface area contributed by atoms with E-state index in [0.29, 0.717) is 12.1 Å². The number of pyridine rings is 1. The maximum Gasteiger partial charge on any atom is 0.0295 e. The molecule has 0 amide bonds. The Morgan fingerprint density at radius 3 is 2.38 bits per heavy atom. The molecule has 1 saturated carbocycles. The zero-order chi connectivity index (χ0) is 11.2. The Hall–Kier alpha value is -0.890. The van der Waals surface area contributed by atoms with Crippen LogP contribution in [0.3, 0.4) is 0 Å². The normalized spacial score (nSPS) is 20.3. The number of hydrogen-bond donors (Lipinski definition) is 1. The first kappa shape index (κ1) is 11.6. The number of nitrogens with zero attached hydrogens (tertiary/aromatic N) is 1. The van der Waals surface area contributed by atoms with Crippen LogP contribution in [0, 0.1) is 0 Å². The monoisotopic (exact) mass is 218 g/mol. The Balaban J connectivity index is 1.88. The first-order valence-corrected chi connectivity index (χ1v) is 6.52. The van der Waals surface area contributed by atoms with Crippen molar-refractivity contribution >= 4 is 0 Å². The third-order valence-electron chi connectivity index (χ3n) is 3.55. The molecular formula is C14H22N2.